The first-order valence-corrected chi connectivity index (χ1v) is 10.5. The van der Waals surface area contributed by atoms with E-state index in [1.54, 1.807) is 12.1 Å². The number of rotatable bonds is 3. The van der Waals surface area contributed by atoms with Gasteiger partial charge >= 0.3 is 6.18 Å². The van der Waals surface area contributed by atoms with E-state index in [2.05, 4.69) is 15.5 Å². The molecule has 10 heteroatoms. The highest BCUT2D eigenvalue weighted by molar-refractivity contribution is 7.85. The molecule has 0 unspecified atom stereocenters. The molecule has 3 N–H and O–H groups in total. The van der Waals surface area contributed by atoms with E-state index in [1.165, 1.54) is 17.7 Å². The first-order chi connectivity index (χ1) is 14.0. The molecule has 3 aromatic rings. The zero-order valence-electron chi connectivity index (χ0n) is 15.9. The molecule has 0 bridgehead atoms. The molecule has 30 heavy (non-hydrogen) atoms. The average molecular weight is 439 g/mol. The Balaban J connectivity index is 0.000000199. The summed E-state index contributed by atoms with van der Waals surface area (Å²) < 4.78 is 66.9. The molecule has 160 valence electrons. The van der Waals surface area contributed by atoms with Gasteiger partial charge < -0.3 is 5.32 Å². The summed E-state index contributed by atoms with van der Waals surface area (Å²) in [5, 5.41) is 8.90. The van der Waals surface area contributed by atoms with Crippen LogP contribution in [-0.4, -0.2) is 36.3 Å². The Bertz CT molecular complexity index is 1090. The Morgan fingerprint density at radius 2 is 1.63 bits per heavy atom. The fourth-order valence-corrected chi connectivity index (χ4v) is 3.26. The number of halogens is 3. The van der Waals surface area contributed by atoms with Crippen molar-refractivity contribution in [2.24, 2.45) is 0 Å². The van der Waals surface area contributed by atoms with E-state index in [4.69, 9.17) is 4.55 Å². The van der Waals surface area contributed by atoms with Crippen LogP contribution in [0.5, 0.6) is 0 Å². The standard InChI is InChI=1S/C13H12F3N3.C7H8O3S/c14-13(15,16)12-5-11(18-19-12)9-3-1-8(2-4-9)10-6-17-7-10;1-6-2-4-7(5-3-6)11(8,9)10/h1-5,10,17H,6-7H2,(H,18,19);2-5H,1H3,(H,8,9,10). The van der Waals surface area contributed by atoms with Crippen molar-refractivity contribution in [1.82, 2.24) is 15.5 Å². The summed E-state index contributed by atoms with van der Waals surface area (Å²) in [6, 6.07) is 14.6. The molecule has 2 aromatic carbocycles. The number of benzene rings is 2. The molecule has 2 heterocycles. The summed E-state index contributed by atoms with van der Waals surface area (Å²) in [7, 11) is -4.02. The van der Waals surface area contributed by atoms with Crippen LogP contribution in [-0.2, 0) is 16.3 Å². The number of nitrogens with zero attached hydrogens (tertiary/aromatic N) is 1. The van der Waals surface area contributed by atoms with Gasteiger partial charge in [-0.3, -0.25) is 9.65 Å². The zero-order chi connectivity index (χ0) is 21.9. The van der Waals surface area contributed by atoms with Crippen molar-refractivity contribution in [1.29, 1.82) is 0 Å². The van der Waals surface area contributed by atoms with Gasteiger partial charge in [0.2, 0.25) is 0 Å². The van der Waals surface area contributed by atoms with Crippen molar-refractivity contribution in [2.45, 2.75) is 23.9 Å². The van der Waals surface area contributed by atoms with Crippen LogP contribution in [0.2, 0.25) is 0 Å². The van der Waals surface area contributed by atoms with Crippen LogP contribution in [0.15, 0.2) is 59.5 Å². The fourth-order valence-electron chi connectivity index (χ4n) is 2.78. The summed E-state index contributed by atoms with van der Waals surface area (Å²) in [6.45, 7) is 3.76. The quantitative estimate of drug-likeness (QED) is 0.536. The minimum Gasteiger partial charge on any atom is -0.315 e. The van der Waals surface area contributed by atoms with E-state index in [9.17, 15) is 21.6 Å². The number of aryl methyl sites for hydroxylation is 1. The van der Waals surface area contributed by atoms with Crippen LogP contribution >= 0.6 is 0 Å². The van der Waals surface area contributed by atoms with Gasteiger partial charge in [0, 0.05) is 19.0 Å². The third kappa shape index (κ3) is 5.47. The first kappa shape index (κ1) is 22.0. The Kier molecular flexibility index (Phi) is 6.30. The maximum absolute atomic E-state index is 12.5. The maximum atomic E-state index is 12.5. The maximum Gasteiger partial charge on any atom is 0.435 e. The first-order valence-electron chi connectivity index (χ1n) is 9.02. The highest BCUT2D eigenvalue weighted by Gasteiger charge is 2.33. The number of alkyl halides is 3. The predicted octanol–water partition coefficient (Wildman–Crippen LogP) is 4.02. The van der Waals surface area contributed by atoms with Gasteiger partial charge in [0.25, 0.3) is 10.1 Å². The van der Waals surface area contributed by atoms with E-state index < -0.39 is 22.0 Å². The lowest BCUT2D eigenvalue weighted by molar-refractivity contribution is -0.141. The van der Waals surface area contributed by atoms with E-state index in [0.717, 1.165) is 24.7 Å². The van der Waals surface area contributed by atoms with Gasteiger partial charge in [-0.15, -0.1) is 0 Å². The van der Waals surface area contributed by atoms with Gasteiger partial charge in [0.15, 0.2) is 5.69 Å². The van der Waals surface area contributed by atoms with Gasteiger partial charge in [-0.1, -0.05) is 42.0 Å². The lowest BCUT2D eigenvalue weighted by Gasteiger charge is -2.27. The number of aromatic amines is 1. The van der Waals surface area contributed by atoms with Crippen LogP contribution in [0.1, 0.15) is 22.7 Å². The molecule has 1 saturated heterocycles. The molecule has 0 aliphatic carbocycles. The SMILES string of the molecule is Cc1ccc(S(=O)(=O)O)cc1.FC(F)(F)c1cc(-c2ccc(C3CNC3)cc2)[nH]n1. The summed E-state index contributed by atoms with van der Waals surface area (Å²) in [6.07, 6.45) is -4.41. The topological polar surface area (TPSA) is 95.1 Å². The van der Waals surface area contributed by atoms with Crippen molar-refractivity contribution in [3.05, 3.63) is 71.4 Å². The molecule has 1 aliphatic heterocycles. The average Bonchev–Trinajstić information content (AvgIpc) is 3.12. The monoisotopic (exact) mass is 439 g/mol. The predicted molar refractivity (Wildman–Crippen MR) is 106 cm³/mol. The molecular weight excluding hydrogens is 419 g/mol. The van der Waals surface area contributed by atoms with E-state index in [1.807, 2.05) is 31.2 Å². The minimum absolute atomic E-state index is 0.0666. The molecular formula is C20H20F3N3O3S. The van der Waals surface area contributed by atoms with Crippen LogP contribution in [0.25, 0.3) is 11.3 Å². The van der Waals surface area contributed by atoms with E-state index in [0.29, 0.717) is 17.2 Å². The van der Waals surface area contributed by atoms with Gasteiger partial charge in [-0.25, -0.2) is 0 Å². The molecule has 0 amide bonds. The number of hydrogen-bond acceptors (Lipinski definition) is 4. The lowest BCUT2D eigenvalue weighted by Crippen LogP contribution is -2.39. The second-order valence-electron chi connectivity index (χ2n) is 6.93. The van der Waals surface area contributed by atoms with Crippen LogP contribution in [0.4, 0.5) is 13.2 Å². The normalized spacial score (nSPS) is 14.6. The van der Waals surface area contributed by atoms with Crippen LogP contribution in [0, 0.1) is 6.92 Å². The molecule has 0 spiro atoms. The summed E-state index contributed by atoms with van der Waals surface area (Å²) >= 11 is 0. The third-order valence-corrected chi connectivity index (χ3v) is 5.53. The zero-order valence-corrected chi connectivity index (χ0v) is 16.8. The highest BCUT2D eigenvalue weighted by Crippen LogP contribution is 2.31. The van der Waals surface area contributed by atoms with E-state index in [-0.39, 0.29) is 4.90 Å². The molecule has 1 aromatic heterocycles. The van der Waals surface area contributed by atoms with Gasteiger partial charge in [-0.05, 0) is 36.2 Å². The summed E-state index contributed by atoms with van der Waals surface area (Å²) in [4.78, 5) is -0.0666. The van der Waals surface area contributed by atoms with Crippen molar-refractivity contribution in [3.8, 4) is 11.3 Å². The van der Waals surface area contributed by atoms with Gasteiger partial charge in [0.1, 0.15) is 0 Å². The van der Waals surface area contributed by atoms with Crippen molar-refractivity contribution in [2.75, 3.05) is 13.1 Å². The molecule has 0 radical (unpaired) electrons. The molecule has 1 fully saturated rings. The summed E-state index contributed by atoms with van der Waals surface area (Å²) in [5.74, 6) is 0.515. The number of aromatic nitrogens is 2. The molecule has 6 nitrogen and oxygen atoms in total. The van der Waals surface area contributed by atoms with Crippen molar-refractivity contribution in [3.63, 3.8) is 0 Å². The number of H-pyrrole nitrogens is 1. The Morgan fingerprint density at radius 1 is 1.03 bits per heavy atom. The lowest BCUT2D eigenvalue weighted by atomic mass is 9.93. The number of nitrogens with one attached hydrogen (secondary N) is 2. The third-order valence-electron chi connectivity index (χ3n) is 4.66. The fraction of sp³-hybridized carbons (Fsp3) is 0.250. The van der Waals surface area contributed by atoms with Gasteiger partial charge in [0.05, 0.1) is 10.6 Å². The Morgan fingerprint density at radius 3 is 2.07 bits per heavy atom. The number of hydrogen-bond donors (Lipinski definition) is 3. The molecule has 1 aliphatic rings. The van der Waals surface area contributed by atoms with Crippen LogP contribution < -0.4 is 5.32 Å². The molecule has 4 rings (SSSR count). The minimum atomic E-state index is -4.41. The van der Waals surface area contributed by atoms with Gasteiger partial charge in [-0.2, -0.15) is 26.7 Å². The largest absolute Gasteiger partial charge is 0.435 e. The van der Waals surface area contributed by atoms with Crippen LogP contribution in [0.3, 0.4) is 0 Å². The summed E-state index contributed by atoms with van der Waals surface area (Å²) in [5.41, 5.74) is 2.36. The Labute approximate surface area is 171 Å². The van der Waals surface area contributed by atoms with Crippen molar-refractivity contribution >= 4 is 10.1 Å². The molecule has 0 atom stereocenters. The van der Waals surface area contributed by atoms with E-state index >= 15 is 0 Å². The Hall–Kier alpha value is -2.69. The molecule has 0 saturated carbocycles. The smallest absolute Gasteiger partial charge is 0.315 e. The van der Waals surface area contributed by atoms with Crippen molar-refractivity contribution < 1.29 is 26.1 Å². The second kappa shape index (κ2) is 8.58. The highest BCUT2D eigenvalue weighted by atomic mass is 32.2. The second-order valence-corrected chi connectivity index (χ2v) is 8.35.